The predicted octanol–water partition coefficient (Wildman–Crippen LogP) is 3.47. The van der Waals surface area contributed by atoms with Crippen LogP contribution in [0.3, 0.4) is 0 Å². The molecule has 1 aromatic carbocycles. The van der Waals surface area contributed by atoms with Crippen molar-refractivity contribution in [2.45, 2.75) is 44.6 Å². The second-order valence-corrected chi connectivity index (χ2v) is 5.45. The molecule has 0 unspecified atom stereocenters. The third-order valence-electron chi connectivity index (χ3n) is 4.09. The van der Waals surface area contributed by atoms with Gasteiger partial charge in [-0.05, 0) is 12.8 Å². The highest BCUT2D eigenvalue weighted by molar-refractivity contribution is 5.13. The van der Waals surface area contributed by atoms with Crippen molar-refractivity contribution in [3.05, 3.63) is 60.2 Å². The lowest BCUT2D eigenvalue weighted by atomic mass is 9.87. The monoisotopic (exact) mass is 253 g/mol. The van der Waals surface area contributed by atoms with Gasteiger partial charge in [-0.25, -0.2) is 0 Å². The van der Waals surface area contributed by atoms with Crippen LogP contribution in [0.1, 0.15) is 49.3 Å². The van der Waals surface area contributed by atoms with Gasteiger partial charge in [-0.2, -0.15) is 4.57 Å². The summed E-state index contributed by atoms with van der Waals surface area (Å²) >= 11 is 0. The Morgan fingerprint density at radius 3 is 2.63 bits per heavy atom. The molecule has 98 valence electrons. The third kappa shape index (κ3) is 3.01. The van der Waals surface area contributed by atoms with Crippen molar-refractivity contribution in [1.29, 1.82) is 0 Å². The second-order valence-electron chi connectivity index (χ2n) is 5.45. The molecule has 0 saturated heterocycles. The molecule has 1 heterocycles. The van der Waals surface area contributed by atoms with Gasteiger partial charge < -0.3 is 0 Å². The molecular weight excluding hydrogens is 232 g/mol. The molecule has 1 aliphatic rings. The van der Waals surface area contributed by atoms with Crippen LogP contribution in [0.15, 0.2) is 48.9 Å². The van der Waals surface area contributed by atoms with Gasteiger partial charge in [-0.15, -0.1) is 0 Å². The van der Waals surface area contributed by atoms with Gasteiger partial charge >= 0.3 is 0 Å². The molecule has 1 fully saturated rings. The molecule has 19 heavy (non-hydrogen) atoms. The van der Waals surface area contributed by atoms with Crippen molar-refractivity contribution >= 4 is 0 Å². The van der Waals surface area contributed by atoms with Crippen LogP contribution in [-0.4, -0.2) is 4.98 Å². The van der Waals surface area contributed by atoms with E-state index >= 15 is 0 Å². The average Bonchev–Trinajstić information content (AvgIpc) is 2.50. The minimum atomic E-state index is 0.700. The normalized spacial score (nSPS) is 16.4. The van der Waals surface area contributed by atoms with Crippen molar-refractivity contribution in [3.63, 3.8) is 0 Å². The summed E-state index contributed by atoms with van der Waals surface area (Å²) in [5.74, 6) is 0.700. The molecule has 1 aromatic heterocycles. The van der Waals surface area contributed by atoms with E-state index in [1.54, 1.807) is 0 Å². The van der Waals surface area contributed by atoms with Crippen LogP contribution >= 0.6 is 0 Å². The standard InChI is InChI=1S/C17H21N2/c1-3-7-15(8-4-1)14-19-12-11-18-13-17(19)16-9-5-2-6-10-16/h1,3-4,7-8,11-13,16H,2,5-6,9-10,14H2/q+1. The minimum Gasteiger partial charge on any atom is -0.252 e. The first-order valence-corrected chi connectivity index (χ1v) is 7.31. The highest BCUT2D eigenvalue weighted by atomic mass is 15.0. The first kappa shape index (κ1) is 12.3. The van der Waals surface area contributed by atoms with Gasteiger partial charge in [-0.1, -0.05) is 49.6 Å². The van der Waals surface area contributed by atoms with Crippen LogP contribution in [-0.2, 0) is 6.54 Å². The quantitative estimate of drug-likeness (QED) is 0.765. The molecular formula is C17H21N2+. The molecule has 0 aliphatic heterocycles. The highest BCUT2D eigenvalue weighted by Crippen LogP contribution is 2.30. The van der Waals surface area contributed by atoms with E-state index in [0.29, 0.717) is 5.92 Å². The molecule has 2 aromatic rings. The predicted molar refractivity (Wildman–Crippen MR) is 75.8 cm³/mol. The van der Waals surface area contributed by atoms with Gasteiger partial charge in [0.2, 0.25) is 5.69 Å². The molecule has 0 bridgehead atoms. The fourth-order valence-electron chi connectivity index (χ4n) is 3.06. The average molecular weight is 253 g/mol. The number of benzene rings is 1. The summed E-state index contributed by atoms with van der Waals surface area (Å²) in [5.41, 5.74) is 2.77. The maximum atomic E-state index is 4.34. The minimum absolute atomic E-state index is 0.700. The summed E-state index contributed by atoms with van der Waals surface area (Å²) in [6.45, 7) is 0.954. The van der Waals surface area contributed by atoms with E-state index in [1.165, 1.54) is 43.4 Å². The Kier molecular flexibility index (Phi) is 3.87. The fourth-order valence-corrected chi connectivity index (χ4v) is 3.06. The van der Waals surface area contributed by atoms with Crippen molar-refractivity contribution in [3.8, 4) is 0 Å². The number of aromatic nitrogens is 2. The molecule has 3 rings (SSSR count). The number of hydrogen-bond donors (Lipinski definition) is 0. The molecule has 2 nitrogen and oxygen atoms in total. The Hall–Kier alpha value is -1.70. The first-order valence-electron chi connectivity index (χ1n) is 7.31. The molecule has 0 atom stereocenters. The fraction of sp³-hybridized carbons (Fsp3) is 0.412. The SMILES string of the molecule is c1ccc(C[n+]2ccncc2C2CCCCC2)cc1. The molecule has 1 aliphatic carbocycles. The Balaban J connectivity index is 1.84. The molecule has 0 radical (unpaired) electrons. The molecule has 0 amide bonds. The topological polar surface area (TPSA) is 16.8 Å². The molecule has 1 saturated carbocycles. The van der Waals surface area contributed by atoms with E-state index in [1.807, 2.05) is 6.20 Å². The summed E-state index contributed by atoms with van der Waals surface area (Å²) < 4.78 is 2.37. The van der Waals surface area contributed by atoms with Crippen LogP contribution < -0.4 is 4.57 Å². The lowest BCUT2D eigenvalue weighted by Gasteiger charge is -2.19. The molecule has 2 heteroatoms. The largest absolute Gasteiger partial charge is 0.252 e. The van der Waals surface area contributed by atoms with Gasteiger partial charge in [0.1, 0.15) is 0 Å². The van der Waals surface area contributed by atoms with Gasteiger partial charge in [-0.3, -0.25) is 4.98 Å². The summed E-state index contributed by atoms with van der Waals surface area (Å²) in [4.78, 5) is 4.34. The van der Waals surface area contributed by atoms with Crippen molar-refractivity contribution < 1.29 is 4.57 Å². The first-order chi connectivity index (χ1) is 9.43. The van der Waals surface area contributed by atoms with E-state index in [0.717, 1.165) is 6.54 Å². The van der Waals surface area contributed by atoms with Crippen LogP contribution in [0.25, 0.3) is 0 Å². The van der Waals surface area contributed by atoms with Gasteiger partial charge in [0.05, 0.1) is 12.4 Å². The van der Waals surface area contributed by atoms with Crippen molar-refractivity contribution in [1.82, 2.24) is 4.98 Å². The van der Waals surface area contributed by atoms with Gasteiger partial charge in [0.15, 0.2) is 12.7 Å². The zero-order valence-electron chi connectivity index (χ0n) is 11.3. The van der Waals surface area contributed by atoms with E-state index in [9.17, 15) is 0 Å². The second kappa shape index (κ2) is 5.96. The van der Waals surface area contributed by atoms with Gasteiger partial charge in [0, 0.05) is 11.5 Å². The van der Waals surface area contributed by atoms with Crippen LogP contribution in [0.4, 0.5) is 0 Å². The maximum absolute atomic E-state index is 4.34. The van der Waals surface area contributed by atoms with Crippen LogP contribution in [0.2, 0.25) is 0 Å². The number of rotatable bonds is 3. The van der Waals surface area contributed by atoms with E-state index in [-0.39, 0.29) is 0 Å². The lowest BCUT2D eigenvalue weighted by Crippen LogP contribution is -2.40. The maximum Gasteiger partial charge on any atom is 0.203 e. The van der Waals surface area contributed by atoms with Gasteiger partial charge in [0.25, 0.3) is 0 Å². The Bertz CT molecular complexity index is 516. The summed E-state index contributed by atoms with van der Waals surface area (Å²) in [6, 6.07) is 10.7. The zero-order valence-corrected chi connectivity index (χ0v) is 11.3. The lowest BCUT2D eigenvalue weighted by molar-refractivity contribution is -0.697. The Labute approximate surface area is 115 Å². The van der Waals surface area contributed by atoms with E-state index in [2.05, 4.69) is 52.3 Å². The zero-order chi connectivity index (χ0) is 12.9. The number of nitrogens with zero attached hydrogens (tertiary/aromatic N) is 2. The highest BCUT2D eigenvalue weighted by Gasteiger charge is 2.24. The Morgan fingerprint density at radius 2 is 1.84 bits per heavy atom. The third-order valence-corrected chi connectivity index (χ3v) is 4.09. The molecule has 0 spiro atoms. The summed E-state index contributed by atoms with van der Waals surface area (Å²) in [5, 5.41) is 0. The smallest absolute Gasteiger partial charge is 0.203 e. The van der Waals surface area contributed by atoms with Crippen molar-refractivity contribution in [2.24, 2.45) is 0 Å². The van der Waals surface area contributed by atoms with Crippen LogP contribution in [0.5, 0.6) is 0 Å². The number of hydrogen-bond acceptors (Lipinski definition) is 1. The van der Waals surface area contributed by atoms with Crippen molar-refractivity contribution in [2.75, 3.05) is 0 Å². The van der Waals surface area contributed by atoms with Crippen LogP contribution in [0, 0.1) is 0 Å². The van der Waals surface area contributed by atoms with E-state index < -0.39 is 0 Å². The summed E-state index contributed by atoms with van der Waals surface area (Å²) in [7, 11) is 0. The Morgan fingerprint density at radius 1 is 1.05 bits per heavy atom. The summed E-state index contributed by atoms with van der Waals surface area (Å²) in [6.07, 6.45) is 12.9. The molecule has 0 N–H and O–H groups in total. The van der Waals surface area contributed by atoms with E-state index in [4.69, 9.17) is 0 Å².